The lowest BCUT2D eigenvalue weighted by atomic mass is 9.68. The van der Waals surface area contributed by atoms with Gasteiger partial charge in [-0.25, -0.2) is 8.42 Å². The third-order valence-corrected chi connectivity index (χ3v) is 8.90. The Balaban J connectivity index is 1.69. The van der Waals surface area contributed by atoms with Gasteiger partial charge in [-0.05, 0) is 49.7 Å². The van der Waals surface area contributed by atoms with Crippen molar-refractivity contribution in [1.82, 2.24) is 4.90 Å². The molecule has 3 aliphatic rings. The Morgan fingerprint density at radius 1 is 1.00 bits per heavy atom. The summed E-state index contributed by atoms with van der Waals surface area (Å²) in [6, 6.07) is 8.40. The Kier molecular flexibility index (Phi) is 4.15. The highest BCUT2D eigenvalue weighted by Gasteiger charge is 2.56. The van der Waals surface area contributed by atoms with Gasteiger partial charge in [0.15, 0.2) is 14.6 Å². The second-order valence-electron chi connectivity index (χ2n) is 7.75. The molecular formula is C19H25NO4S. The van der Waals surface area contributed by atoms with Crippen LogP contribution in [0.5, 0.6) is 0 Å². The van der Waals surface area contributed by atoms with Gasteiger partial charge in [-0.1, -0.05) is 24.6 Å². The standard InChI is InChI=1S/C19H25NO4S/c21-17(20-12-9-18(15-20)7-4-8-18)19(10-13-24-14-11-19)25(22,23)16-5-2-1-3-6-16/h1-3,5-6H,4,7-15H2. The van der Waals surface area contributed by atoms with Crippen LogP contribution in [-0.2, 0) is 19.4 Å². The highest BCUT2D eigenvalue weighted by Crippen LogP contribution is 2.49. The maximum absolute atomic E-state index is 13.5. The molecule has 1 spiro atoms. The number of benzene rings is 1. The zero-order valence-electron chi connectivity index (χ0n) is 14.4. The third kappa shape index (κ3) is 2.61. The smallest absolute Gasteiger partial charge is 0.244 e. The van der Waals surface area contributed by atoms with Gasteiger partial charge in [-0.2, -0.15) is 0 Å². The number of ether oxygens (including phenoxy) is 1. The molecule has 1 aromatic rings. The van der Waals surface area contributed by atoms with E-state index in [2.05, 4.69) is 0 Å². The van der Waals surface area contributed by atoms with Crippen LogP contribution < -0.4 is 0 Å². The molecule has 0 N–H and O–H groups in total. The number of nitrogens with zero attached hydrogens (tertiary/aromatic N) is 1. The first-order valence-corrected chi connectivity index (χ1v) is 10.6. The van der Waals surface area contributed by atoms with Gasteiger partial charge in [0.05, 0.1) is 4.90 Å². The molecule has 2 aliphatic heterocycles. The quantitative estimate of drug-likeness (QED) is 0.827. The Labute approximate surface area is 149 Å². The molecule has 4 rings (SSSR count). The highest BCUT2D eigenvalue weighted by atomic mass is 32.2. The molecule has 25 heavy (non-hydrogen) atoms. The molecule has 1 aliphatic carbocycles. The molecule has 1 saturated carbocycles. The van der Waals surface area contributed by atoms with Gasteiger partial charge in [-0.15, -0.1) is 0 Å². The van der Waals surface area contributed by atoms with Crippen LogP contribution in [0.2, 0.25) is 0 Å². The first kappa shape index (κ1) is 17.0. The maximum atomic E-state index is 13.5. The van der Waals surface area contributed by atoms with E-state index >= 15 is 0 Å². The van der Waals surface area contributed by atoms with Crippen LogP contribution in [0.15, 0.2) is 35.2 Å². The number of amides is 1. The minimum atomic E-state index is -3.76. The second-order valence-corrected chi connectivity index (χ2v) is 10.0. The van der Waals surface area contributed by atoms with Crippen molar-refractivity contribution in [2.24, 2.45) is 5.41 Å². The third-order valence-electron chi connectivity index (χ3n) is 6.40. The first-order valence-electron chi connectivity index (χ1n) is 9.16. The molecule has 136 valence electrons. The zero-order chi connectivity index (χ0) is 17.5. The van der Waals surface area contributed by atoms with Crippen molar-refractivity contribution in [2.75, 3.05) is 26.3 Å². The summed E-state index contributed by atoms with van der Waals surface area (Å²) in [5.74, 6) is -0.205. The molecule has 2 heterocycles. The summed E-state index contributed by atoms with van der Waals surface area (Å²) < 4.78 is 30.9. The Morgan fingerprint density at radius 3 is 2.24 bits per heavy atom. The van der Waals surface area contributed by atoms with E-state index in [-0.39, 0.29) is 29.1 Å². The second kappa shape index (κ2) is 6.09. The minimum Gasteiger partial charge on any atom is -0.381 e. The summed E-state index contributed by atoms with van der Waals surface area (Å²) in [6.45, 7) is 2.04. The van der Waals surface area contributed by atoms with Gasteiger partial charge in [0.2, 0.25) is 5.91 Å². The normalized spacial score (nSPS) is 24.9. The predicted octanol–water partition coefficient (Wildman–Crippen LogP) is 2.41. The number of sulfone groups is 1. The number of likely N-dealkylation sites (tertiary alicyclic amines) is 1. The van der Waals surface area contributed by atoms with Crippen LogP contribution in [0.1, 0.15) is 38.5 Å². The van der Waals surface area contributed by atoms with Crippen molar-refractivity contribution < 1.29 is 17.9 Å². The van der Waals surface area contributed by atoms with E-state index in [9.17, 15) is 13.2 Å². The summed E-state index contributed by atoms with van der Waals surface area (Å²) in [7, 11) is -3.76. The molecule has 1 aromatic carbocycles. The zero-order valence-corrected chi connectivity index (χ0v) is 15.3. The van der Waals surface area contributed by atoms with Crippen molar-refractivity contribution in [3.05, 3.63) is 30.3 Å². The summed E-state index contributed by atoms with van der Waals surface area (Å²) >= 11 is 0. The molecule has 3 fully saturated rings. The molecule has 0 unspecified atom stereocenters. The molecule has 5 nitrogen and oxygen atoms in total. The molecule has 0 aromatic heterocycles. The SMILES string of the molecule is O=C(N1CCC2(CCC2)C1)C1(S(=O)(=O)c2ccccc2)CCOCC1. The minimum absolute atomic E-state index is 0.205. The van der Waals surface area contributed by atoms with E-state index in [1.54, 1.807) is 30.3 Å². The topological polar surface area (TPSA) is 63.7 Å². The van der Waals surface area contributed by atoms with Gasteiger partial charge < -0.3 is 9.64 Å². The Morgan fingerprint density at radius 2 is 1.68 bits per heavy atom. The Bertz CT molecular complexity index is 749. The highest BCUT2D eigenvalue weighted by molar-refractivity contribution is 7.93. The number of carbonyl (C=O) groups is 1. The van der Waals surface area contributed by atoms with Gasteiger partial charge in [0.25, 0.3) is 0 Å². The lowest BCUT2D eigenvalue weighted by Crippen LogP contribution is -2.56. The van der Waals surface area contributed by atoms with Crippen LogP contribution in [0.4, 0.5) is 0 Å². The van der Waals surface area contributed by atoms with Gasteiger partial charge in [-0.3, -0.25) is 4.79 Å². The van der Waals surface area contributed by atoms with Crippen molar-refractivity contribution in [3.8, 4) is 0 Å². The number of hydrogen-bond donors (Lipinski definition) is 0. The van der Waals surface area contributed by atoms with Gasteiger partial charge in [0.1, 0.15) is 0 Å². The van der Waals surface area contributed by atoms with E-state index in [1.807, 2.05) is 4.90 Å². The molecule has 2 saturated heterocycles. The molecule has 6 heteroatoms. The fourth-order valence-electron chi connectivity index (χ4n) is 4.61. The summed E-state index contributed by atoms with van der Waals surface area (Å²) in [4.78, 5) is 15.5. The van der Waals surface area contributed by atoms with Crippen LogP contribution >= 0.6 is 0 Å². The van der Waals surface area contributed by atoms with Crippen LogP contribution in [0.25, 0.3) is 0 Å². The molecule has 1 amide bonds. The maximum Gasteiger partial charge on any atom is 0.244 e. The van der Waals surface area contributed by atoms with Crippen molar-refractivity contribution in [1.29, 1.82) is 0 Å². The van der Waals surface area contributed by atoms with Crippen molar-refractivity contribution >= 4 is 15.7 Å². The van der Waals surface area contributed by atoms with Gasteiger partial charge >= 0.3 is 0 Å². The lowest BCUT2D eigenvalue weighted by molar-refractivity contribution is -0.136. The fraction of sp³-hybridized carbons (Fsp3) is 0.632. The number of hydrogen-bond acceptors (Lipinski definition) is 4. The monoisotopic (exact) mass is 363 g/mol. The van der Waals surface area contributed by atoms with Crippen LogP contribution in [0, 0.1) is 5.41 Å². The van der Waals surface area contributed by atoms with Gasteiger partial charge in [0, 0.05) is 26.3 Å². The average molecular weight is 363 g/mol. The summed E-state index contributed by atoms with van der Waals surface area (Å²) in [5, 5.41) is 0. The van der Waals surface area contributed by atoms with Crippen molar-refractivity contribution in [3.63, 3.8) is 0 Å². The van der Waals surface area contributed by atoms with E-state index in [0.717, 1.165) is 13.0 Å². The first-order chi connectivity index (χ1) is 12.0. The van der Waals surface area contributed by atoms with E-state index in [4.69, 9.17) is 4.74 Å². The predicted molar refractivity (Wildman–Crippen MR) is 93.9 cm³/mol. The van der Waals surface area contributed by atoms with E-state index in [1.165, 1.54) is 19.3 Å². The number of carbonyl (C=O) groups excluding carboxylic acids is 1. The molecule has 0 radical (unpaired) electrons. The van der Waals surface area contributed by atoms with E-state index in [0.29, 0.717) is 19.8 Å². The fourth-order valence-corrected chi connectivity index (χ4v) is 6.64. The largest absolute Gasteiger partial charge is 0.381 e. The van der Waals surface area contributed by atoms with Crippen molar-refractivity contribution in [2.45, 2.75) is 48.2 Å². The van der Waals surface area contributed by atoms with Crippen LogP contribution in [0.3, 0.4) is 0 Å². The van der Waals surface area contributed by atoms with E-state index < -0.39 is 14.6 Å². The molecular weight excluding hydrogens is 338 g/mol. The molecule has 0 atom stereocenters. The van der Waals surface area contributed by atoms with Crippen LogP contribution in [-0.4, -0.2) is 50.3 Å². The summed E-state index contributed by atoms with van der Waals surface area (Å²) in [5.41, 5.74) is 0.262. The lowest BCUT2D eigenvalue weighted by Gasteiger charge is -2.40. The Hall–Kier alpha value is -1.40. The molecule has 0 bridgehead atoms. The summed E-state index contributed by atoms with van der Waals surface area (Å²) in [6.07, 6.45) is 5.05. The number of rotatable bonds is 3. The average Bonchev–Trinajstić information content (AvgIpc) is 3.08.